The van der Waals surface area contributed by atoms with Gasteiger partial charge in [0.25, 0.3) is 5.56 Å². The Labute approximate surface area is 113 Å². The molecule has 0 unspecified atom stereocenters. The van der Waals surface area contributed by atoms with E-state index in [0.717, 1.165) is 0 Å². The lowest BCUT2D eigenvalue weighted by Gasteiger charge is -2.15. The fraction of sp³-hybridized carbons (Fsp3) is 0.692. The van der Waals surface area contributed by atoms with Gasteiger partial charge in [0.1, 0.15) is 11.0 Å². The number of aromatic nitrogens is 2. The lowest BCUT2D eigenvalue weighted by Crippen LogP contribution is -2.27. The predicted molar refractivity (Wildman–Crippen MR) is 73.3 cm³/mol. The van der Waals surface area contributed by atoms with Gasteiger partial charge in [0.15, 0.2) is 0 Å². The van der Waals surface area contributed by atoms with Crippen LogP contribution >= 0.6 is 11.6 Å². The third-order valence-electron chi connectivity index (χ3n) is 2.43. The standard InChI is InChI=1S/C13H21ClN2O2/c1-9(2)8-18-6-5-16-12(17)7-11(14)15-13(16)10(3)4/h7,9-10H,5-6,8H2,1-4H3. The predicted octanol–water partition coefficient (Wildman–Crippen LogP) is 2.69. The van der Waals surface area contributed by atoms with E-state index in [0.29, 0.717) is 31.5 Å². The molecule has 0 aliphatic rings. The number of hydrogen-bond acceptors (Lipinski definition) is 3. The fourth-order valence-electron chi connectivity index (χ4n) is 1.64. The molecule has 0 N–H and O–H groups in total. The molecule has 1 aromatic heterocycles. The van der Waals surface area contributed by atoms with Crippen LogP contribution in [0.3, 0.4) is 0 Å². The summed E-state index contributed by atoms with van der Waals surface area (Å²) in [5.41, 5.74) is -0.119. The Kier molecular flexibility index (Phi) is 5.82. The highest BCUT2D eigenvalue weighted by atomic mass is 35.5. The molecule has 4 nitrogen and oxygen atoms in total. The van der Waals surface area contributed by atoms with E-state index in [1.807, 2.05) is 13.8 Å². The first-order chi connectivity index (χ1) is 8.41. The summed E-state index contributed by atoms with van der Waals surface area (Å²) in [4.78, 5) is 16.1. The van der Waals surface area contributed by atoms with Crippen LogP contribution < -0.4 is 5.56 Å². The van der Waals surface area contributed by atoms with Gasteiger partial charge in [-0.1, -0.05) is 39.3 Å². The summed E-state index contributed by atoms with van der Waals surface area (Å²) in [7, 11) is 0. The molecule has 18 heavy (non-hydrogen) atoms. The Morgan fingerprint density at radius 3 is 2.61 bits per heavy atom. The number of halogens is 1. The summed E-state index contributed by atoms with van der Waals surface area (Å²) < 4.78 is 7.13. The van der Waals surface area contributed by atoms with Gasteiger partial charge in [0, 0.05) is 18.6 Å². The maximum Gasteiger partial charge on any atom is 0.255 e. The van der Waals surface area contributed by atoms with Gasteiger partial charge in [0.2, 0.25) is 0 Å². The van der Waals surface area contributed by atoms with Crippen molar-refractivity contribution in [3.8, 4) is 0 Å². The highest BCUT2D eigenvalue weighted by Crippen LogP contribution is 2.12. The molecule has 0 atom stereocenters. The van der Waals surface area contributed by atoms with Crippen LogP contribution in [0.5, 0.6) is 0 Å². The Morgan fingerprint density at radius 1 is 1.39 bits per heavy atom. The van der Waals surface area contributed by atoms with Gasteiger partial charge in [-0.25, -0.2) is 4.98 Å². The quantitative estimate of drug-likeness (QED) is 0.591. The first-order valence-corrected chi connectivity index (χ1v) is 6.64. The van der Waals surface area contributed by atoms with Crippen molar-refractivity contribution in [1.82, 2.24) is 9.55 Å². The molecule has 0 fully saturated rings. The summed E-state index contributed by atoms with van der Waals surface area (Å²) in [6.07, 6.45) is 0. The van der Waals surface area contributed by atoms with E-state index in [4.69, 9.17) is 16.3 Å². The van der Waals surface area contributed by atoms with Gasteiger partial charge in [0.05, 0.1) is 13.2 Å². The van der Waals surface area contributed by atoms with Crippen molar-refractivity contribution in [3.63, 3.8) is 0 Å². The van der Waals surface area contributed by atoms with Gasteiger partial charge < -0.3 is 4.74 Å². The summed E-state index contributed by atoms with van der Waals surface area (Å²) in [6, 6.07) is 1.34. The van der Waals surface area contributed by atoms with Crippen molar-refractivity contribution in [2.45, 2.75) is 40.2 Å². The second kappa shape index (κ2) is 6.90. The Hall–Kier alpha value is -0.870. The minimum Gasteiger partial charge on any atom is -0.379 e. The number of hydrogen-bond donors (Lipinski definition) is 0. The smallest absolute Gasteiger partial charge is 0.255 e. The van der Waals surface area contributed by atoms with Gasteiger partial charge >= 0.3 is 0 Å². The molecule has 1 aromatic rings. The topological polar surface area (TPSA) is 44.1 Å². The molecule has 1 heterocycles. The fourth-order valence-corrected chi connectivity index (χ4v) is 1.82. The zero-order valence-electron chi connectivity index (χ0n) is 11.4. The van der Waals surface area contributed by atoms with Crippen molar-refractivity contribution < 1.29 is 4.74 Å². The highest BCUT2D eigenvalue weighted by molar-refractivity contribution is 6.29. The average Bonchev–Trinajstić information content (AvgIpc) is 2.25. The molecule has 1 rings (SSSR count). The molecule has 102 valence electrons. The summed E-state index contributed by atoms with van der Waals surface area (Å²) in [6.45, 7) is 9.90. The maximum absolute atomic E-state index is 11.9. The largest absolute Gasteiger partial charge is 0.379 e. The molecule has 0 saturated heterocycles. The molecule has 0 aliphatic heterocycles. The molecule has 0 aromatic carbocycles. The number of ether oxygens (including phenoxy) is 1. The maximum atomic E-state index is 11.9. The summed E-state index contributed by atoms with van der Waals surface area (Å²) in [5.74, 6) is 1.36. The highest BCUT2D eigenvalue weighted by Gasteiger charge is 2.11. The van der Waals surface area contributed by atoms with Gasteiger partial charge in [-0.2, -0.15) is 0 Å². The van der Waals surface area contributed by atoms with E-state index in [9.17, 15) is 4.79 Å². The summed E-state index contributed by atoms with van der Waals surface area (Å²) in [5, 5.41) is 0.253. The van der Waals surface area contributed by atoms with E-state index in [1.54, 1.807) is 4.57 Å². The Bertz CT molecular complexity index is 441. The number of nitrogens with zero attached hydrogens (tertiary/aromatic N) is 2. The van der Waals surface area contributed by atoms with Gasteiger partial charge in [-0.05, 0) is 5.92 Å². The van der Waals surface area contributed by atoms with Gasteiger partial charge in [-0.15, -0.1) is 0 Å². The average molecular weight is 273 g/mol. The van der Waals surface area contributed by atoms with Crippen LogP contribution in [0.4, 0.5) is 0 Å². The van der Waals surface area contributed by atoms with Crippen molar-refractivity contribution in [3.05, 3.63) is 27.4 Å². The zero-order valence-corrected chi connectivity index (χ0v) is 12.2. The monoisotopic (exact) mass is 272 g/mol. The van der Waals surface area contributed by atoms with Crippen LogP contribution in [-0.2, 0) is 11.3 Å². The zero-order chi connectivity index (χ0) is 13.7. The minimum atomic E-state index is -0.119. The molecular weight excluding hydrogens is 252 g/mol. The van der Waals surface area contributed by atoms with E-state index in [1.165, 1.54) is 6.07 Å². The molecule has 0 amide bonds. The normalized spacial score (nSPS) is 11.5. The van der Waals surface area contributed by atoms with Crippen LogP contribution in [-0.4, -0.2) is 22.8 Å². The Balaban J connectivity index is 2.78. The van der Waals surface area contributed by atoms with Crippen LogP contribution in [0.2, 0.25) is 5.15 Å². The first-order valence-electron chi connectivity index (χ1n) is 6.26. The number of rotatable bonds is 6. The second-order valence-electron chi connectivity index (χ2n) is 5.05. The van der Waals surface area contributed by atoms with Crippen molar-refractivity contribution in [2.24, 2.45) is 5.92 Å². The molecule has 5 heteroatoms. The van der Waals surface area contributed by atoms with Crippen LogP contribution in [0.25, 0.3) is 0 Å². The second-order valence-corrected chi connectivity index (χ2v) is 5.44. The summed E-state index contributed by atoms with van der Waals surface area (Å²) >= 11 is 5.81. The lowest BCUT2D eigenvalue weighted by atomic mass is 10.2. The van der Waals surface area contributed by atoms with Crippen molar-refractivity contribution in [2.75, 3.05) is 13.2 Å². The third kappa shape index (κ3) is 4.42. The molecule has 0 saturated carbocycles. The van der Waals surface area contributed by atoms with E-state index < -0.39 is 0 Å². The minimum absolute atomic E-state index is 0.119. The third-order valence-corrected chi connectivity index (χ3v) is 2.63. The molecule has 0 spiro atoms. The molecule has 0 bridgehead atoms. The lowest BCUT2D eigenvalue weighted by molar-refractivity contribution is 0.101. The molecule has 0 radical (unpaired) electrons. The van der Waals surface area contributed by atoms with E-state index >= 15 is 0 Å². The molecule has 0 aliphatic carbocycles. The van der Waals surface area contributed by atoms with Crippen LogP contribution in [0.1, 0.15) is 39.4 Å². The van der Waals surface area contributed by atoms with Crippen molar-refractivity contribution in [1.29, 1.82) is 0 Å². The van der Waals surface area contributed by atoms with Crippen LogP contribution in [0.15, 0.2) is 10.9 Å². The first kappa shape index (κ1) is 15.2. The van der Waals surface area contributed by atoms with E-state index in [2.05, 4.69) is 18.8 Å². The van der Waals surface area contributed by atoms with E-state index in [-0.39, 0.29) is 16.6 Å². The SMILES string of the molecule is CC(C)COCCn1c(C(C)C)nc(Cl)cc1=O. The molecular formula is C13H21ClN2O2. The van der Waals surface area contributed by atoms with Crippen molar-refractivity contribution >= 4 is 11.6 Å². The Morgan fingerprint density at radius 2 is 2.06 bits per heavy atom. The van der Waals surface area contributed by atoms with Gasteiger partial charge in [-0.3, -0.25) is 9.36 Å². The van der Waals surface area contributed by atoms with Crippen LogP contribution in [0, 0.1) is 5.92 Å².